The molecule has 0 aliphatic heterocycles. The highest BCUT2D eigenvalue weighted by atomic mass is 32.1. The minimum atomic E-state index is -0.372. The predicted octanol–water partition coefficient (Wildman–Crippen LogP) is 4.39. The predicted molar refractivity (Wildman–Crippen MR) is 125 cm³/mol. The standard InChI is InChI=1S/C22H26FN7S/c1-12(2)30(25)21(29-24)17-8-5-9-20(27-17)26-13(3)15-10-19-18(11-16(15)23)28-22(31-19)14-6-4-7-14/h5,8-12,14H,3-4,6-7,24-25H2,1-2H3,(H,26,27)/b29-21-. The van der Waals surface area contributed by atoms with Crippen molar-refractivity contribution in [2.24, 2.45) is 16.8 Å². The van der Waals surface area contributed by atoms with Crippen LogP contribution >= 0.6 is 11.3 Å². The van der Waals surface area contributed by atoms with E-state index in [0.717, 1.165) is 22.5 Å². The molecular weight excluding hydrogens is 413 g/mol. The number of rotatable bonds is 6. The fourth-order valence-corrected chi connectivity index (χ4v) is 4.55. The van der Waals surface area contributed by atoms with Crippen molar-refractivity contribution in [2.75, 3.05) is 5.32 Å². The Hall–Kier alpha value is -3.04. The van der Waals surface area contributed by atoms with Crippen LogP contribution in [0, 0.1) is 5.82 Å². The number of hydrazine groups is 1. The van der Waals surface area contributed by atoms with Crippen molar-refractivity contribution >= 4 is 38.9 Å². The molecule has 0 radical (unpaired) electrons. The molecule has 0 spiro atoms. The van der Waals surface area contributed by atoms with Crippen LogP contribution in [0.1, 0.15) is 55.3 Å². The Morgan fingerprint density at radius 2 is 2.10 bits per heavy atom. The lowest BCUT2D eigenvalue weighted by atomic mass is 9.86. The Morgan fingerprint density at radius 1 is 1.32 bits per heavy atom. The molecule has 31 heavy (non-hydrogen) atoms. The molecule has 1 fully saturated rings. The molecule has 0 unspecified atom stereocenters. The van der Waals surface area contributed by atoms with Crippen LogP contribution in [0.4, 0.5) is 10.2 Å². The number of amidine groups is 1. The van der Waals surface area contributed by atoms with Gasteiger partial charge in [-0.05, 0) is 44.9 Å². The van der Waals surface area contributed by atoms with Gasteiger partial charge in [0.05, 0.1) is 15.2 Å². The van der Waals surface area contributed by atoms with E-state index in [1.165, 1.54) is 17.5 Å². The van der Waals surface area contributed by atoms with Crippen LogP contribution in [0.5, 0.6) is 0 Å². The van der Waals surface area contributed by atoms with E-state index in [2.05, 4.69) is 27.0 Å². The maximum absolute atomic E-state index is 14.8. The lowest BCUT2D eigenvalue weighted by Crippen LogP contribution is -2.44. The zero-order valence-corrected chi connectivity index (χ0v) is 18.4. The van der Waals surface area contributed by atoms with Gasteiger partial charge in [0.25, 0.3) is 0 Å². The molecule has 2 heterocycles. The van der Waals surface area contributed by atoms with Gasteiger partial charge in [-0.2, -0.15) is 5.10 Å². The molecule has 9 heteroatoms. The molecule has 3 aromatic rings. The van der Waals surface area contributed by atoms with Gasteiger partial charge in [0.2, 0.25) is 0 Å². The molecule has 0 saturated heterocycles. The van der Waals surface area contributed by atoms with Crippen molar-refractivity contribution in [2.45, 2.75) is 45.1 Å². The van der Waals surface area contributed by atoms with Gasteiger partial charge in [0.1, 0.15) is 17.3 Å². The summed E-state index contributed by atoms with van der Waals surface area (Å²) in [5.74, 6) is 12.6. The first-order chi connectivity index (χ1) is 14.9. The third kappa shape index (κ3) is 4.24. The number of aromatic nitrogens is 2. The monoisotopic (exact) mass is 439 g/mol. The number of pyridine rings is 1. The summed E-state index contributed by atoms with van der Waals surface area (Å²) < 4.78 is 15.8. The normalized spacial score (nSPS) is 14.7. The Kier molecular flexibility index (Phi) is 5.88. The molecule has 2 aromatic heterocycles. The topological polar surface area (TPSA) is 105 Å². The first kappa shape index (κ1) is 21.2. The van der Waals surface area contributed by atoms with Crippen LogP contribution in [-0.2, 0) is 0 Å². The van der Waals surface area contributed by atoms with Crippen LogP contribution in [0.15, 0.2) is 42.0 Å². The fraction of sp³-hybridized carbons (Fsp3) is 0.318. The summed E-state index contributed by atoms with van der Waals surface area (Å²) in [4.78, 5) is 9.14. The highest BCUT2D eigenvalue weighted by Gasteiger charge is 2.23. The van der Waals surface area contributed by atoms with Crippen LogP contribution in [0.3, 0.4) is 0 Å². The van der Waals surface area contributed by atoms with Crippen molar-refractivity contribution in [3.63, 3.8) is 0 Å². The molecule has 0 amide bonds. The van der Waals surface area contributed by atoms with Crippen molar-refractivity contribution in [1.82, 2.24) is 15.0 Å². The summed E-state index contributed by atoms with van der Waals surface area (Å²) >= 11 is 1.63. The average Bonchev–Trinajstić information content (AvgIpc) is 3.08. The van der Waals surface area contributed by atoms with Crippen LogP contribution in [0.2, 0.25) is 0 Å². The van der Waals surface area contributed by atoms with Gasteiger partial charge < -0.3 is 11.2 Å². The number of nitrogens with zero attached hydrogens (tertiary/aromatic N) is 4. The van der Waals surface area contributed by atoms with Gasteiger partial charge in [0.15, 0.2) is 5.84 Å². The molecule has 1 aliphatic rings. The first-order valence-corrected chi connectivity index (χ1v) is 11.0. The van der Waals surface area contributed by atoms with Crippen molar-refractivity contribution in [1.29, 1.82) is 0 Å². The second-order valence-electron chi connectivity index (χ2n) is 7.95. The molecule has 0 bridgehead atoms. The number of nitrogens with one attached hydrogen (secondary N) is 1. The Morgan fingerprint density at radius 3 is 2.74 bits per heavy atom. The van der Waals surface area contributed by atoms with E-state index in [4.69, 9.17) is 11.7 Å². The minimum absolute atomic E-state index is 0.0132. The van der Waals surface area contributed by atoms with Gasteiger partial charge >= 0.3 is 0 Å². The third-order valence-corrected chi connectivity index (χ3v) is 6.63. The summed E-state index contributed by atoms with van der Waals surface area (Å²) in [5.41, 5.74) is 1.99. The van der Waals surface area contributed by atoms with Gasteiger partial charge in [-0.3, -0.25) is 5.01 Å². The fourth-order valence-electron chi connectivity index (χ4n) is 3.39. The van der Waals surface area contributed by atoms with Crippen molar-refractivity contribution in [3.8, 4) is 0 Å². The average molecular weight is 440 g/mol. The summed E-state index contributed by atoms with van der Waals surface area (Å²) in [6.45, 7) is 7.86. The summed E-state index contributed by atoms with van der Waals surface area (Å²) in [6, 6.07) is 8.58. The molecule has 1 aromatic carbocycles. The number of nitrogens with two attached hydrogens (primary N) is 2. The highest BCUT2D eigenvalue weighted by molar-refractivity contribution is 7.18. The summed E-state index contributed by atoms with van der Waals surface area (Å²) in [6.07, 6.45) is 3.57. The smallest absolute Gasteiger partial charge is 0.188 e. The van der Waals surface area contributed by atoms with E-state index < -0.39 is 0 Å². The molecule has 4 rings (SSSR count). The molecule has 0 atom stereocenters. The minimum Gasteiger partial charge on any atom is -0.340 e. The second-order valence-corrected chi connectivity index (χ2v) is 9.01. The van der Waals surface area contributed by atoms with Crippen molar-refractivity contribution in [3.05, 3.63) is 59.0 Å². The van der Waals surface area contributed by atoms with E-state index >= 15 is 0 Å². The van der Waals surface area contributed by atoms with E-state index in [0.29, 0.717) is 40.0 Å². The van der Waals surface area contributed by atoms with E-state index in [9.17, 15) is 4.39 Å². The largest absolute Gasteiger partial charge is 0.340 e. The number of fused-ring (bicyclic) bond motifs is 1. The molecule has 1 aliphatic carbocycles. The Balaban J connectivity index is 1.58. The van der Waals surface area contributed by atoms with Gasteiger partial charge in [-0.15, -0.1) is 11.3 Å². The number of hydrazone groups is 1. The van der Waals surface area contributed by atoms with Gasteiger partial charge in [0, 0.05) is 29.3 Å². The number of halogens is 1. The number of hydrogen-bond acceptors (Lipinski definition) is 7. The van der Waals surface area contributed by atoms with Crippen molar-refractivity contribution < 1.29 is 4.39 Å². The molecule has 1 saturated carbocycles. The Bertz CT molecular complexity index is 1150. The first-order valence-electron chi connectivity index (χ1n) is 10.2. The van der Waals surface area contributed by atoms with Gasteiger partial charge in [-0.1, -0.05) is 19.1 Å². The second kappa shape index (κ2) is 8.60. The van der Waals surface area contributed by atoms with Crippen LogP contribution in [-0.4, -0.2) is 26.9 Å². The van der Waals surface area contributed by atoms with E-state index in [1.807, 2.05) is 13.8 Å². The lowest BCUT2D eigenvalue weighted by Gasteiger charge is -2.23. The Labute approximate surface area is 184 Å². The van der Waals surface area contributed by atoms with E-state index in [1.54, 1.807) is 35.6 Å². The highest BCUT2D eigenvalue weighted by Crippen LogP contribution is 2.40. The zero-order chi connectivity index (χ0) is 22.1. The van der Waals surface area contributed by atoms with E-state index in [-0.39, 0.29) is 11.9 Å². The molecular formula is C22H26FN7S. The van der Waals surface area contributed by atoms with Gasteiger partial charge in [-0.25, -0.2) is 20.2 Å². The summed E-state index contributed by atoms with van der Waals surface area (Å²) in [7, 11) is 0. The molecule has 162 valence electrons. The maximum Gasteiger partial charge on any atom is 0.188 e. The number of anilines is 1. The summed E-state index contributed by atoms with van der Waals surface area (Å²) in [5, 5.41) is 9.40. The molecule has 5 N–H and O–H groups in total. The number of hydrogen-bond donors (Lipinski definition) is 3. The molecule has 7 nitrogen and oxygen atoms in total. The maximum atomic E-state index is 14.8. The number of benzene rings is 1. The third-order valence-electron chi connectivity index (χ3n) is 5.45. The quantitative estimate of drug-likeness (QED) is 0.228. The number of thiazole rings is 1. The van der Waals surface area contributed by atoms with Crippen LogP contribution < -0.4 is 17.0 Å². The zero-order valence-electron chi connectivity index (χ0n) is 17.6. The lowest BCUT2D eigenvalue weighted by molar-refractivity contribution is 0.362. The van der Waals surface area contributed by atoms with Crippen LogP contribution in [0.25, 0.3) is 15.9 Å². The SMILES string of the molecule is C=C(Nc1cccc(/C(=N/N)N(N)C(C)C)n1)c1cc2sc(C3CCC3)nc2cc1F.